The Hall–Kier alpha value is -3.71. The van der Waals surface area contributed by atoms with Gasteiger partial charge in [-0.1, -0.05) is 54.1 Å². The lowest BCUT2D eigenvalue weighted by atomic mass is 9.82. The van der Waals surface area contributed by atoms with Gasteiger partial charge in [-0.25, -0.2) is 4.98 Å². The molecule has 5 rings (SSSR count). The molecule has 3 aromatic carbocycles. The van der Waals surface area contributed by atoms with Gasteiger partial charge in [0.25, 0.3) is 5.56 Å². The summed E-state index contributed by atoms with van der Waals surface area (Å²) in [5, 5.41) is 23.7. The van der Waals surface area contributed by atoms with Crippen LogP contribution in [-0.4, -0.2) is 24.3 Å². The van der Waals surface area contributed by atoms with E-state index in [1.165, 1.54) is 0 Å². The van der Waals surface area contributed by atoms with Crippen molar-refractivity contribution in [2.75, 3.05) is 0 Å². The lowest BCUT2D eigenvalue weighted by Gasteiger charge is -2.30. The molecule has 2 atom stereocenters. The highest BCUT2D eigenvalue weighted by Gasteiger charge is 2.37. The second kappa shape index (κ2) is 9.06. The molecule has 0 fully saturated rings. The number of aliphatic hydroxyl groups excluding tert-OH is 1. The normalized spacial score (nSPS) is 14.1. The zero-order valence-electron chi connectivity index (χ0n) is 20.2. The minimum absolute atomic E-state index is 0.138. The highest BCUT2D eigenvalue weighted by Crippen LogP contribution is 2.39. The van der Waals surface area contributed by atoms with Crippen LogP contribution in [0.25, 0.3) is 22.0 Å². The van der Waals surface area contributed by atoms with Gasteiger partial charge in [-0.2, -0.15) is 0 Å². The first kappa shape index (κ1) is 24.0. The molecule has 2 heterocycles. The van der Waals surface area contributed by atoms with Crippen molar-refractivity contribution in [1.82, 2.24) is 14.1 Å². The van der Waals surface area contributed by atoms with Crippen molar-refractivity contribution >= 4 is 22.5 Å². The summed E-state index contributed by atoms with van der Waals surface area (Å²) in [5.41, 5.74) is 3.18. The number of pyridine rings is 1. The number of fused-ring (bicyclic) bond motifs is 1. The van der Waals surface area contributed by atoms with Crippen molar-refractivity contribution in [2.45, 2.75) is 18.6 Å². The molecule has 0 spiro atoms. The van der Waals surface area contributed by atoms with Gasteiger partial charge in [0.05, 0.1) is 29.8 Å². The summed E-state index contributed by atoms with van der Waals surface area (Å²) in [6.45, 7) is 1.70. The maximum absolute atomic E-state index is 12.8. The number of aryl methyl sites for hydroxylation is 2. The monoisotopic (exact) mass is 499 g/mol. The summed E-state index contributed by atoms with van der Waals surface area (Å²) >= 11 is 6.27. The maximum atomic E-state index is 12.8. The summed E-state index contributed by atoms with van der Waals surface area (Å²) < 4.78 is 3.37. The van der Waals surface area contributed by atoms with Crippen molar-refractivity contribution in [3.05, 3.63) is 123 Å². The third kappa shape index (κ3) is 3.93. The van der Waals surface area contributed by atoms with Crippen molar-refractivity contribution in [3.63, 3.8) is 0 Å². The van der Waals surface area contributed by atoms with Crippen LogP contribution in [0.1, 0.15) is 35.4 Å². The van der Waals surface area contributed by atoms with Gasteiger partial charge >= 0.3 is 0 Å². The quantitative estimate of drug-likeness (QED) is 0.359. The van der Waals surface area contributed by atoms with Crippen molar-refractivity contribution in [1.29, 1.82) is 0 Å². The molecule has 0 bridgehead atoms. The van der Waals surface area contributed by atoms with E-state index in [0.717, 1.165) is 27.6 Å². The third-order valence-corrected chi connectivity index (χ3v) is 7.03. The largest absolute Gasteiger partial charge is 0.389 e. The smallest absolute Gasteiger partial charge is 0.251 e. The number of halogens is 1. The fraction of sp³-hybridized carbons (Fsp3) is 0.172. The van der Waals surface area contributed by atoms with Gasteiger partial charge in [0.1, 0.15) is 0 Å². The van der Waals surface area contributed by atoms with Crippen LogP contribution < -0.4 is 5.56 Å². The van der Waals surface area contributed by atoms with Crippen LogP contribution in [0.2, 0.25) is 5.02 Å². The fourth-order valence-electron chi connectivity index (χ4n) is 4.75. The van der Waals surface area contributed by atoms with Crippen molar-refractivity contribution < 1.29 is 10.2 Å². The number of nitrogens with zero attached hydrogens (tertiary/aromatic N) is 3. The predicted molar refractivity (Wildman–Crippen MR) is 142 cm³/mol. The van der Waals surface area contributed by atoms with Crippen LogP contribution >= 0.6 is 11.6 Å². The number of aromatic nitrogens is 3. The molecule has 2 unspecified atom stereocenters. The van der Waals surface area contributed by atoms with E-state index in [4.69, 9.17) is 11.6 Å². The van der Waals surface area contributed by atoms with E-state index < -0.39 is 11.7 Å². The molecule has 0 amide bonds. The van der Waals surface area contributed by atoms with Crippen LogP contribution in [0.15, 0.2) is 90.1 Å². The van der Waals surface area contributed by atoms with Gasteiger partial charge in [-0.3, -0.25) is 4.79 Å². The van der Waals surface area contributed by atoms with E-state index >= 15 is 0 Å². The first-order chi connectivity index (χ1) is 17.2. The van der Waals surface area contributed by atoms with E-state index in [1.807, 2.05) is 67.7 Å². The van der Waals surface area contributed by atoms with E-state index in [0.29, 0.717) is 21.8 Å². The Morgan fingerprint density at radius 2 is 1.69 bits per heavy atom. The molecular weight excluding hydrogens is 474 g/mol. The predicted octanol–water partition coefficient (Wildman–Crippen LogP) is 4.93. The van der Waals surface area contributed by atoms with E-state index in [1.54, 1.807) is 47.8 Å². The second-order valence-corrected chi connectivity index (χ2v) is 9.53. The highest BCUT2D eigenvalue weighted by atomic mass is 35.5. The molecule has 7 heteroatoms. The van der Waals surface area contributed by atoms with E-state index in [-0.39, 0.29) is 5.56 Å². The molecule has 0 aliphatic carbocycles. The average molecular weight is 500 g/mol. The number of hydrogen-bond acceptors (Lipinski definition) is 4. The van der Waals surface area contributed by atoms with Gasteiger partial charge in [0.2, 0.25) is 0 Å². The summed E-state index contributed by atoms with van der Waals surface area (Å²) in [7, 11) is 3.56. The van der Waals surface area contributed by atoms with Crippen molar-refractivity contribution in [3.8, 4) is 11.1 Å². The minimum Gasteiger partial charge on any atom is -0.389 e. The summed E-state index contributed by atoms with van der Waals surface area (Å²) in [4.78, 5) is 17.0. The zero-order valence-corrected chi connectivity index (χ0v) is 20.9. The van der Waals surface area contributed by atoms with Gasteiger partial charge in [0, 0.05) is 30.6 Å². The lowest BCUT2D eigenvalue weighted by Crippen LogP contribution is -2.31. The third-order valence-electron chi connectivity index (χ3n) is 6.80. The van der Waals surface area contributed by atoms with Crippen LogP contribution in [0.5, 0.6) is 0 Å². The Bertz CT molecular complexity index is 1640. The van der Waals surface area contributed by atoms with Crippen LogP contribution in [0.4, 0.5) is 0 Å². The van der Waals surface area contributed by atoms with Crippen LogP contribution in [0.3, 0.4) is 0 Å². The molecule has 0 saturated heterocycles. The Morgan fingerprint density at radius 3 is 2.33 bits per heavy atom. The Morgan fingerprint density at radius 1 is 0.972 bits per heavy atom. The number of hydrogen-bond donors (Lipinski definition) is 2. The van der Waals surface area contributed by atoms with Crippen LogP contribution in [-0.2, 0) is 19.7 Å². The SMILES string of the molecule is CC(O)c1ccc(C(O)(c2ccc3c(c2)c(-c2cccc(Cl)c2)cc(=O)n3C)c2cncn2C)cc1. The molecule has 6 nitrogen and oxygen atoms in total. The van der Waals surface area contributed by atoms with Gasteiger partial charge in [-0.15, -0.1) is 0 Å². The lowest BCUT2D eigenvalue weighted by molar-refractivity contribution is 0.117. The van der Waals surface area contributed by atoms with Crippen molar-refractivity contribution in [2.24, 2.45) is 14.1 Å². The van der Waals surface area contributed by atoms with E-state index in [9.17, 15) is 15.0 Å². The average Bonchev–Trinajstić information content (AvgIpc) is 3.31. The molecule has 0 saturated carbocycles. The van der Waals surface area contributed by atoms with Gasteiger partial charge in [0.15, 0.2) is 5.60 Å². The Labute approximate surface area is 213 Å². The highest BCUT2D eigenvalue weighted by molar-refractivity contribution is 6.30. The first-order valence-corrected chi connectivity index (χ1v) is 12.0. The number of aliphatic hydroxyl groups is 2. The topological polar surface area (TPSA) is 80.3 Å². The molecular formula is C29H26ClN3O3. The number of rotatable bonds is 5. The standard InChI is InChI=1S/C29H26ClN3O3/c1-18(34)19-7-9-21(10-8-19)29(36,27-16-31-17-32(27)2)22-11-12-26-25(14-22)24(15-28(35)33(26)3)20-5-4-6-23(30)13-20/h4-18,34,36H,1-3H3. The van der Waals surface area contributed by atoms with E-state index in [2.05, 4.69) is 4.98 Å². The number of benzene rings is 3. The molecule has 0 aliphatic heterocycles. The second-order valence-electron chi connectivity index (χ2n) is 9.10. The van der Waals surface area contributed by atoms with Gasteiger partial charge in [-0.05, 0) is 59.0 Å². The fourth-order valence-corrected chi connectivity index (χ4v) is 4.94. The minimum atomic E-state index is -1.54. The summed E-state index contributed by atoms with van der Waals surface area (Å²) in [6.07, 6.45) is 2.67. The molecule has 0 aliphatic rings. The molecule has 182 valence electrons. The Kier molecular flexibility index (Phi) is 6.04. The van der Waals surface area contributed by atoms with Crippen LogP contribution in [0, 0.1) is 0 Å². The molecule has 2 N–H and O–H groups in total. The van der Waals surface area contributed by atoms with Gasteiger partial charge < -0.3 is 19.3 Å². The molecule has 0 radical (unpaired) electrons. The molecule has 36 heavy (non-hydrogen) atoms. The summed E-state index contributed by atoms with van der Waals surface area (Å²) in [5.74, 6) is 0. The first-order valence-electron chi connectivity index (χ1n) is 11.6. The molecule has 5 aromatic rings. The zero-order chi connectivity index (χ0) is 25.6. The summed E-state index contributed by atoms with van der Waals surface area (Å²) in [6, 6.07) is 21.8. The molecule has 2 aromatic heterocycles. The maximum Gasteiger partial charge on any atom is 0.251 e. The number of imidazole rings is 1. The Balaban J connectivity index is 1.81.